The summed E-state index contributed by atoms with van der Waals surface area (Å²) in [6.45, 7) is 1.32. The fourth-order valence-corrected chi connectivity index (χ4v) is 3.01. The van der Waals surface area contributed by atoms with Crippen LogP contribution >= 0.6 is 0 Å². The number of alkyl halides is 3. The molecule has 164 valence electrons. The number of rotatable bonds is 4. The summed E-state index contributed by atoms with van der Waals surface area (Å²) in [7, 11) is 2.61. The van der Waals surface area contributed by atoms with E-state index in [1.54, 1.807) is 0 Å². The molecule has 0 radical (unpaired) electrons. The maximum Gasteiger partial charge on any atom is 0.418 e. The molecule has 2 aromatic heterocycles. The highest BCUT2D eigenvalue weighted by atomic mass is 19.4. The lowest BCUT2D eigenvalue weighted by atomic mass is 10.1. The van der Waals surface area contributed by atoms with Crippen molar-refractivity contribution >= 4 is 28.4 Å². The van der Waals surface area contributed by atoms with Crippen molar-refractivity contribution in [2.75, 3.05) is 5.32 Å². The van der Waals surface area contributed by atoms with Gasteiger partial charge in [-0.25, -0.2) is 9.78 Å². The first-order valence-electron chi connectivity index (χ1n) is 8.63. The summed E-state index contributed by atoms with van der Waals surface area (Å²) in [6, 6.07) is 0.721. The molecule has 1 aromatic carbocycles. The molecule has 0 aliphatic heterocycles. The second kappa shape index (κ2) is 7.37. The van der Waals surface area contributed by atoms with Crippen molar-refractivity contribution in [1.29, 1.82) is 0 Å². The number of nitro benzene ring substituents is 1. The van der Waals surface area contributed by atoms with Gasteiger partial charge in [-0.05, 0) is 13.0 Å². The molecule has 1 atom stereocenters. The van der Waals surface area contributed by atoms with Crippen molar-refractivity contribution in [1.82, 2.24) is 18.7 Å². The fourth-order valence-electron chi connectivity index (χ4n) is 3.01. The molecule has 3 rings (SSSR count). The Kier molecular flexibility index (Phi) is 5.17. The number of aryl methyl sites for hydroxylation is 1. The number of amides is 1. The third kappa shape index (κ3) is 3.67. The molecule has 14 heteroatoms. The van der Waals surface area contributed by atoms with E-state index in [1.165, 1.54) is 21.0 Å². The summed E-state index contributed by atoms with van der Waals surface area (Å²) in [6.07, 6.45) is -3.84. The maximum absolute atomic E-state index is 13.3. The molecule has 31 heavy (non-hydrogen) atoms. The van der Waals surface area contributed by atoms with E-state index in [0.29, 0.717) is 6.07 Å². The average Bonchev–Trinajstić information content (AvgIpc) is 3.14. The van der Waals surface area contributed by atoms with Gasteiger partial charge in [-0.2, -0.15) is 13.2 Å². The topological polar surface area (TPSA) is 134 Å². The van der Waals surface area contributed by atoms with E-state index in [9.17, 15) is 37.7 Å². The summed E-state index contributed by atoms with van der Waals surface area (Å²) in [5, 5.41) is 12.9. The number of halogens is 3. The maximum atomic E-state index is 13.3. The van der Waals surface area contributed by atoms with E-state index in [1.807, 2.05) is 0 Å². The number of anilines is 1. The van der Waals surface area contributed by atoms with E-state index in [2.05, 4.69) is 10.3 Å². The van der Waals surface area contributed by atoms with Crippen LogP contribution in [0, 0.1) is 10.1 Å². The Bertz CT molecular complexity index is 1340. The van der Waals surface area contributed by atoms with Crippen LogP contribution in [0.25, 0.3) is 11.2 Å². The third-order valence-corrected chi connectivity index (χ3v) is 4.75. The number of nitrogens with zero attached hydrogens (tertiary/aromatic N) is 5. The van der Waals surface area contributed by atoms with Gasteiger partial charge in [0.05, 0.1) is 22.5 Å². The van der Waals surface area contributed by atoms with Crippen LogP contribution in [0.2, 0.25) is 0 Å². The van der Waals surface area contributed by atoms with Crippen molar-refractivity contribution in [3.63, 3.8) is 0 Å². The lowest BCUT2D eigenvalue weighted by molar-refractivity contribution is -0.385. The zero-order valence-corrected chi connectivity index (χ0v) is 16.3. The number of benzene rings is 1. The lowest BCUT2D eigenvalue weighted by Crippen LogP contribution is -2.38. The summed E-state index contributed by atoms with van der Waals surface area (Å²) < 4.78 is 43.0. The Morgan fingerprint density at radius 3 is 2.45 bits per heavy atom. The molecule has 0 bridgehead atoms. The summed E-state index contributed by atoms with van der Waals surface area (Å²) >= 11 is 0. The first-order chi connectivity index (χ1) is 14.3. The fraction of sp³-hybridized carbons (Fsp3) is 0.294. The van der Waals surface area contributed by atoms with Crippen LogP contribution in [0.4, 0.5) is 24.5 Å². The van der Waals surface area contributed by atoms with Gasteiger partial charge in [0, 0.05) is 26.2 Å². The number of carbonyl (C=O) groups is 1. The normalized spacial score (nSPS) is 12.7. The van der Waals surface area contributed by atoms with Gasteiger partial charge in [0.2, 0.25) is 5.91 Å². The molecule has 0 saturated carbocycles. The number of fused-ring (bicyclic) bond motifs is 1. The van der Waals surface area contributed by atoms with Crippen LogP contribution < -0.4 is 16.6 Å². The molecule has 1 unspecified atom stereocenters. The lowest BCUT2D eigenvalue weighted by Gasteiger charge is -2.17. The van der Waals surface area contributed by atoms with E-state index in [4.69, 9.17) is 0 Å². The van der Waals surface area contributed by atoms with E-state index >= 15 is 0 Å². The second-order valence-electron chi connectivity index (χ2n) is 6.68. The van der Waals surface area contributed by atoms with Gasteiger partial charge in [0.15, 0.2) is 11.2 Å². The van der Waals surface area contributed by atoms with Crippen molar-refractivity contribution in [3.8, 4) is 0 Å². The molecule has 1 N–H and O–H groups in total. The Labute approximate surface area is 170 Å². The number of carbonyl (C=O) groups excluding carboxylic acids is 1. The molecule has 0 aliphatic rings. The Hall–Kier alpha value is -3.97. The highest BCUT2D eigenvalue weighted by Crippen LogP contribution is 2.37. The highest BCUT2D eigenvalue weighted by Gasteiger charge is 2.36. The molecule has 0 fully saturated rings. The second-order valence-corrected chi connectivity index (χ2v) is 6.68. The number of nitro groups is 1. The van der Waals surface area contributed by atoms with Crippen LogP contribution in [0.3, 0.4) is 0 Å². The monoisotopic (exact) mass is 440 g/mol. The van der Waals surface area contributed by atoms with Crippen molar-refractivity contribution in [3.05, 3.63) is 61.0 Å². The van der Waals surface area contributed by atoms with Crippen molar-refractivity contribution < 1.29 is 22.9 Å². The van der Waals surface area contributed by atoms with Gasteiger partial charge in [0.1, 0.15) is 6.04 Å². The minimum atomic E-state index is -4.96. The Balaban J connectivity index is 2.04. The zero-order chi connectivity index (χ0) is 23.2. The molecule has 0 saturated heterocycles. The third-order valence-electron chi connectivity index (χ3n) is 4.75. The van der Waals surface area contributed by atoms with E-state index in [-0.39, 0.29) is 11.2 Å². The van der Waals surface area contributed by atoms with E-state index < -0.39 is 51.2 Å². The Morgan fingerprint density at radius 2 is 1.87 bits per heavy atom. The van der Waals surface area contributed by atoms with Gasteiger partial charge < -0.3 is 9.88 Å². The molecular weight excluding hydrogens is 425 g/mol. The zero-order valence-electron chi connectivity index (χ0n) is 16.3. The molecule has 2 heterocycles. The number of nitrogens with one attached hydrogen (secondary N) is 1. The number of hydrogen-bond donors (Lipinski definition) is 1. The molecule has 0 spiro atoms. The first-order valence-corrected chi connectivity index (χ1v) is 8.63. The molecule has 0 aliphatic carbocycles. The van der Waals surface area contributed by atoms with Gasteiger partial charge in [-0.3, -0.25) is 28.8 Å². The minimum absolute atomic E-state index is 0.000864. The van der Waals surface area contributed by atoms with Crippen LogP contribution in [0.1, 0.15) is 18.5 Å². The first kappa shape index (κ1) is 21.7. The predicted molar refractivity (Wildman–Crippen MR) is 102 cm³/mol. The molecule has 11 nitrogen and oxygen atoms in total. The number of aromatic nitrogens is 4. The number of non-ortho nitro benzene ring substituents is 1. The van der Waals surface area contributed by atoms with Crippen molar-refractivity contribution in [2.24, 2.45) is 14.1 Å². The smallest absolute Gasteiger partial charge is 0.324 e. The quantitative estimate of drug-likeness (QED) is 0.483. The van der Waals surface area contributed by atoms with Crippen molar-refractivity contribution in [2.45, 2.75) is 19.1 Å². The van der Waals surface area contributed by atoms with Crippen LogP contribution in [-0.2, 0) is 25.1 Å². The van der Waals surface area contributed by atoms with Gasteiger partial charge >= 0.3 is 11.9 Å². The largest absolute Gasteiger partial charge is 0.418 e. The van der Waals surface area contributed by atoms with Gasteiger partial charge in [0.25, 0.3) is 11.2 Å². The van der Waals surface area contributed by atoms with Gasteiger partial charge in [-0.15, -0.1) is 0 Å². The van der Waals surface area contributed by atoms with Crippen LogP contribution in [0.5, 0.6) is 0 Å². The SMILES string of the molecule is CC(C(=O)Nc1ccc([N+](=O)[O-])cc1C(F)(F)F)n1cnc2c1c(=O)n(C)c(=O)n2C. The summed E-state index contributed by atoms with van der Waals surface area (Å²) in [5.74, 6) is -0.936. The summed E-state index contributed by atoms with van der Waals surface area (Å²) in [4.78, 5) is 50.9. The summed E-state index contributed by atoms with van der Waals surface area (Å²) in [5.41, 5.74) is -4.33. The van der Waals surface area contributed by atoms with E-state index in [0.717, 1.165) is 32.2 Å². The predicted octanol–water partition coefficient (Wildman–Crippen LogP) is 1.56. The van der Waals surface area contributed by atoms with Gasteiger partial charge in [-0.1, -0.05) is 0 Å². The van der Waals surface area contributed by atoms with Crippen LogP contribution in [0.15, 0.2) is 34.1 Å². The minimum Gasteiger partial charge on any atom is -0.324 e. The van der Waals surface area contributed by atoms with Crippen LogP contribution in [-0.4, -0.2) is 29.5 Å². The average molecular weight is 440 g/mol. The number of imidazole rings is 1. The molecule has 1 amide bonds. The number of hydrogen-bond acceptors (Lipinski definition) is 6. The standard InChI is InChI=1S/C17H15F3N6O5/c1-8(25-7-21-13-12(25)15(28)24(3)16(29)23(13)2)14(27)22-11-5-4-9(26(30)31)6-10(11)17(18,19)20/h4-8H,1-3H3,(H,22,27). The highest BCUT2D eigenvalue weighted by molar-refractivity contribution is 5.95. The molecule has 3 aromatic rings. The Morgan fingerprint density at radius 1 is 1.23 bits per heavy atom. The molecular formula is C17H15F3N6O5.